The third-order valence-electron chi connectivity index (χ3n) is 4.64. The number of morpholine rings is 1. The number of amides is 1. The Hall–Kier alpha value is -1.44. The number of carbonyl (C=O) groups excluding carboxylic acids is 1. The molecular formula is C16H26N4O3. The van der Waals surface area contributed by atoms with Crippen LogP contribution in [0.2, 0.25) is 0 Å². The topological polar surface area (TPSA) is 70.8 Å². The first-order valence-corrected chi connectivity index (χ1v) is 8.34. The minimum Gasteiger partial charge on any atom is -0.387 e. The number of carbonyl (C=O) groups is 1. The van der Waals surface area contributed by atoms with Gasteiger partial charge in [-0.25, -0.2) is 0 Å². The monoisotopic (exact) mass is 322 g/mol. The highest BCUT2D eigenvalue weighted by atomic mass is 16.5. The Bertz CT molecular complexity index is 541. The molecule has 0 radical (unpaired) electrons. The number of nitrogens with zero attached hydrogens (tertiary/aromatic N) is 4. The lowest BCUT2D eigenvalue weighted by Gasteiger charge is -2.33. The predicted octanol–water partition coefficient (Wildman–Crippen LogP) is -0.123. The second-order valence-corrected chi connectivity index (χ2v) is 6.65. The first kappa shape index (κ1) is 16.4. The van der Waals surface area contributed by atoms with Gasteiger partial charge in [0.05, 0.1) is 31.1 Å². The molecule has 2 aliphatic rings. The average molecular weight is 322 g/mol. The molecule has 128 valence electrons. The first-order chi connectivity index (χ1) is 11.0. The summed E-state index contributed by atoms with van der Waals surface area (Å²) in [7, 11) is 0. The smallest absolute Gasteiger partial charge is 0.224 e. The molecule has 1 amide bonds. The van der Waals surface area contributed by atoms with E-state index in [4.69, 9.17) is 4.74 Å². The zero-order valence-corrected chi connectivity index (χ0v) is 13.8. The van der Waals surface area contributed by atoms with Crippen LogP contribution in [0.4, 0.5) is 0 Å². The molecule has 2 fully saturated rings. The predicted molar refractivity (Wildman–Crippen MR) is 85.0 cm³/mol. The normalized spacial score (nSPS) is 25.9. The summed E-state index contributed by atoms with van der Waals surface area (Å²) in [5.41, 5.74) is 0.174. The minimum atomic E-state index is -0.782. The maximum Gasteiger partial charge on any atom is 0.224 e. The number of aryl methyl sites for hydroxylation is 2. The van der Waals surface area contributed by atoms with Gasteiger partial charge < -0.3 is 14.7 Å². The van der Waals surface area contributed by atoms with Gasteiger partial charge in [-0.15, -0.1) is 0 Å². The molecule has 2 aliphatic heterocycles. The van der Waals surface area contributed by atoms with Crippen LogP contribution in [-0.4, -0.2) is 82.1 Å². The summed E-state index contributed by atoms with van der Waals surface area (Å²) in [6.07, 6.45) is 2.97. The first-order valence-electron chi connectivity index (χ1n) is 8.34. The number of hydrogen-bond acceptors (Lipinski definition) is 5. The Kier molecular flexibility index (Phi) is 4.99. The molecule has 7 nitrogen and oxygen atoms in total. The van der Waals surface area contributed by atoms with Gasteiger partial charge in [0.25, 0.3) is 0 Å². The molecule has 7 heteroatoms. The third kappa shape index (κ3) is 4.31. The van der Waals surface area contributed by atoms with Crippen molar-refractivity contribution in [2.24, 2.45) is 0 Å². The van der Waals surface area contributed by atoms with Crippen LogP contribution < -0.4 is 0 Å². The summed E-state index contributed by atoms with van der Waals surface area (Å²) >= 11 is 0. The Morgan fingerprint density at radius 2 is 2.17 bits per heavy atom. The zero-order valence-electron chi connectivity index (χ0n) is 13.8. The number of aliphatic hydroxyl groups is 1. The third-order valence-corrected chi connectivity index (χ3v) is 4.64. The molecule has 1 N–H and O–H groups in total. The van der Waals surface area contributed by atoms with E-state index in [2.05, 4.69) is 10.00 Å². The summed E-state index contributed by atoms with van der Waals surface area (Å²) in [4.78, 5) is 16.4. The van der Waals surface area contributed by atoms with Gasteiger partial charge in [-0.2, -0.15) is 5.10 Å². The van der Waals surface area contributed by atoms with E-state index in [-0.39, 0.29) is 5.91 Å². The van der Waals surface area contributed by atoms with Crippen LogP contribution in [0.3, 0.4) is 0 Å². The fraction of sp³-hybridized carbons (Fsp3) is 0.750. The summed E-state index contributed by atoms with van der Waals surface area (Å²) < 4.78 is 7.13. The van der Waals surface area contributed by atoms with Gasteiger partial charge in [-0.3, -0.25) is 14.4 Å². The van der Waals surface area contributed by atoms with E-state index < -0.39 is 5.60 Å². The highest BCUT2D eigenvalue weighted by molar-refractivity contribution is 5.76. The fourth-order valence-electron chi connectivity index (χ4n) is 3.33. The number of rotatable bonds is 5. The highest BCUT2D eigenvalue weighted by Crippen LogP contribution is 2.23. The Labute approximate surface area is 136 Å². The summed E-state index contributed by atoms with van der Waals surface area (Å²) in [6.45, 7) is 7.38. The number of ether oxygens (including phenoxy) is 1. The molecule has 1 aromatic rings. The molecule has 1 atom stereocenters. The summed E-state index contributed by atoms with van der Waals surface area (Å²) in [5.74, 6) is 0.0936. The van der Waals surface area contributed by atoms with E-state index in [0.29, 0.717) is 39.0 Å². The Morgan fingerprint density at radius 3 is 2.87 bits per heavy atom. The molecule has 3 rings (SSSR count). The second kappa shape index (κ2) is 6.98. The fourth-order valence-corrected chi connectivity index (χ4v) is 3.33. The van der Waals surface area contributed by atoms with Crippen LogP contribution in [0.15, 0.2) is 12.3 Å². The van der Waals surface area contributed by atoms with Crippen molar-refractivity contribution in [3.05, 3.63) is 18.0 Å². The van der Waals surface area contributed by atoms with Crippen molar-refractivity contribution < 1.29 is 14.6 Å². The van der Waals surface area contributed by atoms with Crippen molar-refractivity contribution in [2.75, 3.05) is 45.9 Å². The molecule has 2 saturated heterocycles. The molecule has 0 bridgehead atoms. The van der Waals surface area contributed by atoms with Crippen molar-refractivity contribution in [3.8, 4) is 0 Å². The van der Waals surface area contributed by atoms with E-state index in [1.807, 2.05) is 19.2 Å². The maximum atomic E-state index is 12.3. The van der Waals surface area contributed by atoms with E-state index in [1.54, 1.807) is 9.58 Å². The molecule has 1 unspecified atom stereocenters. The van der Waals surface area contributed by atoms with Gasteiger partial charge in [0.15, 0.2) is 0 Å². The summed E-state index contributed by atoms with van der Waals surface area (Å²) in [6, 6.07) is 1.93. The van der Waals surface area contributed by atoms with Gasteiger partial charge in [0.2, 0.25) is 5.91 Å². The van der Waals surface area contributed by atoms with Crippen LogP contribution in [0, 0.1) is 6.92 Å². The lowest BCUT2D eigenvalue weighted by Crippen LogP contribution is -2.49. The molecule has 3 heterocycles. The number of hydrogen-bond donors (Lipinski definition) is 1. The molecule has 0 aliphatic carbocycles. The van der Waals surface area contributed by atoms with E-state index >= 15 is 0 Å². The van der Waals surface area contributed by atoms with Crippen molar-refractivity contribution in [1.82, 2.24) is 19.6 Å². The summed E-state index contributed by atoms with van der Waals surface area (Å²) in [5, 5.41) is 15.1. The minimum absolute atomic E-state index is 0.0936. The van der Waals surface area contributed by atoms with Crippen molar-refractivity contribution >= 4 is 5.91 Å². The van der Waals surface area contributed by atoms with Crippen molar-refractivity contribution in [2.45, 2.75) is 31.9 Å². The lowest BCUT2D eigenvalue weighted by molar-refractivity contribution is -0.131. The lowest BCUT2D eigenvalue weighted by atomic mass is 10.0. The number of β-amino-alcohol motifs (C(OH)–C–C–N with tert-alkyl or cyclic N) is 1. The van der Waals surface area contributed by atoms with Crippen molar-refractivity contribution in [3.63, 3.8) is 0 Å². The SMILES string of the molecule is Cc1ccn(CCC(=O)N2CCC(O)(CN3CCOCC3)C2)n1. The van der Waals surface area contributed by atoms with E-state index in [1.165, 1.54) is 0 Å². The van der Waals surface area contributed by atoms with Gasteiger partial charge in [0.1, 0.15) is 0 Å². The molecule has 23 heavy (non-hydrogen) atoms. The largest absolute Gasteiger partial charge is 0.387 e. The highest BCUT2D eigenvalue weighted by Gasteiger charge is 2.39. The van der Waals surface area contributed by atoms with E-state index in [9.17, 15) is 9.90 Å². The van der Waals surface area contributed by atoms with E-state index in [0.717, 1.165) is 32.0 Å². The Balaban J connectivity index is 1.46. The van der Waals surface area contributed by atoms with Gasteiger partial charge in [0, 0.05) is 45.3 Å². The van der Waals surface area contributed by atoms with Gasteiger partial charge in [-0.05, 0) is 19.4 Å². The van der Waals surface area contributed by atoms with Crippen molar-refractivity contribution in [1.29, 1.82) is 0 Å². The number of likely N-dealkylation sites (tertiary alicyclic amines) is 1. The van der Waals surface area contributed by atoms with Crippen LogP contribution in [-0.2, 0) is 16.1 Å². The van der Waals surface area contributed by atoms with Crippen LogP contribution >= 0.6 is 0 Å². The van der Waals surface area contributed by atoms with Gasteiger partial charge in [-0.1, -0.05) is 0 Å². The second-order valence-electron chi connectivity index (χ2n) is 6.65. The maximum absolute atomic E-state index is 12.3. The molecule has 0 aromatic carbocycles. The number of aromatic nitrogens is 2. The standard InChI is InChI=1S/C16H26N4O3/c1-14-2-5-20(17-14)6-3-15(21)19-7-4-16(22,13-19)12-18-8-10-23-11-9-18/h2,5,22H,3-4,6-13H2,1H3. The Morgan fingerprint density at radius 1 is 1.39 bits per heavy atom. The van der Waals surface area contributed by atoms with Crippen LogP contribution in [0.1, 0.15) is 18.5 Å². The molecule has 0 spiro atoms. The quantitative estimate of drug-likeness (QED) is 0.818. The van der Waals surface area contributed by atoms with Crippen LogP contribution in [0.5, 0.6) is 0 Å². The molecular weight excluding hydrogens is 296 g/mol. The van der Waals surface area contributed by atoms with Gasteiger partial charge >= 0.3 is 0 Å². The zero-order chi connectivity index (χ0) is 16.3. The average Bonchev–Trinajstić information content (AvgIpc) is 3.12. The molecule has 1 aromatic heterocycles. The van der Waals surface area contributed by atoms with Crippen LogP contribution in [0.25, 0.3) is 0 Å². The molecule has 0 saturated carbocycles.